The summed E-state index contributed by atoms with van der Waals surface area (Å²) in [6.45, 7) is 0. The smallest absolute Gasteiger partial charge is 0.160 e. The van der Waals surface area contributed by atoms with Gasteiger partial charge in [0.25, 0.3) is 0 Å². The van der Waals surface area contributed by atoms with Gasteiger partial charge in [0.05, 0.1) is 58.4 Å². The molecule has 0 aliphatic carbocycles. The van der Waals surface area contributed by atoms with Crippen molar-refractivity contribution in [1.82, 2.24) is 23.7 Å². The predicted octanol–water partition coefficient (Wildman–Crippen LogP) is 23.0. The first-order valence-electron chi connectivity index (χ1n) is 29.8. The number of aromatic nitrogens is 5. The minimum absolute atomic E-state index is 0.676. The Morgan fingerprint density at radius 1 is 0.239 bits per heavy atom. The van der Waals surface area contributed by atoms with Gasteiger partial charge in [0.15, 0.2) is 5.82 Å². The Bertz CT molecular complexity index is 6370. The Hall–Kier alpha value is -10.7. The molecule has 20 aromatic rings. The van der Waals surface area contributed by atoms with Gasteiger partial charge in [0.1, 0.15) is 0 Å². The van der Waals surface area contributed by atoms with Gasteiger partial charge in [-0.1, -0.05) is 176 Å². The SMILES string of the molecule is c1cc(-c2ccc3nc(-c4ccc(-n5c6ccccc6c6ccc7c8ccccc8sc7c65)cc4)nc(-c4ccc(-n5c6ccccc6c6ccc7c8ccccc8sc7c65)cc4)c3c2)cc(-n2c3ccccc3c3ccc4c5ccccc5sc4c32)c1. The lowest BCUT2D eigenvalue weighted by atomic mass is 9.99. The molecular weight excluding hydrogens is 1130 g/mol. The van der Waals surface area contributed by atoms with Gasteiger partial charge >= 0.3 is 0 Å². The summed E-state index contributed by atoms with van der Waals surface area (Å²) in [7, 11) is 0. The third-order valence-corrected chi connectivity index (χ3v) is 22.0. The highest BCUT2D eigenvalue weighted by molar-refractivity contribution is 7.27. The van der Waals surface area contributed by atoms with Crippen LogP contribution in [0.15, 0.2) is 273 Å². The van der Waals surface area contributed by atoms with E-state index in [-0.39, 0.29) is 0 Å². The fourth-order valence-electron chi connectivity index (χ4n) is 14.5. The van der Waals surface area contributed by atoms with Crippen molar-refractivity contribution in [3.63, 3.8) is 0 Å². The van der Waals surface area contributed by atoms with Crippen LogP contribution in [0.5, 0.6) is 0 Å². The standard InChI is InChI=1S/C80H45N5S3/c1-7-22-67-53(16-1)59-37-40-62-56-19-4-10-25-70(56)86-77(62)74(59)83(67)50-33-28-46(29-34-50)73-65-45-49(48-14-13-15-52(44-48)85-69-24-9-3-18-55(69)61-39-42-64-58-21-6-12-27-72(58)88-79(64)76(61)85)32-43-66(65)81-80(82-73)47-30-35-51(36-31-47)84-68-23-8-2-17-54(68)60-38-41-63-57-20-5-11-26-71(57)87-78(63)75(60)84/h1-45H. The van der Waals surface area contributed by atoms with Gasteiger partial charge in [-0.2, -0.15) is 0 Å². The Kier molecular flexibility index (Phi) is 10.1. The van der Waals surface area contributed by atoms with Crippen molar-refractivity contribution in [2.24, 2.45) is 0 Å². The minimum atomic E-state index is 0.676. The van der Waals surface area contributed by atoms with Crippen LogP contribution in [-0.2, 0) is 0 Å². The van der Waals surface area contributed by atoms with E-state index < -0.39 is 0 Å². The average Bonchev–Trinajstić information content (AvgIpc) is 1.73. The van der Waals surface area contributed by atoms with Crippen LogP contribution < -0.4 is 0 Å². The van der Waals surface area contributed by atoms with Crippen LogP contribution in [0.25, 0.3) is 188 Å². The number of fused-ring (bicyclic) bond motifs is 22. The average molecular weight is 1170 g/mol. The quantitative estimate of drug-likeness (QED) is 0.166. The highest BCUT2D eigenvalue weighted by atomic mass is 32.1. The molecule has 0 saturated heterocycles. The topological polar surface area (TPSA) is 40.6 Å². The first kappa shape index (κ1) is 48.5. The molecule has 0 bridgehead atoms. The van der Waals surface area contributed by atoms with E-state index in [9.17, 15) is 0 Å². The second-order valence-corrected chi connectivity index (χ2v) is 26.3. The molecule has 20 rings (SSSR count). The summed E-state index contributed by atoms with van der Waals surface area (Å²) >= 11 is 5.64. The number of hydrogen-bond donors (Lipinski definition) is 0. The molecular formula is C80H45N5S3. The zero-order chi connectivity index (χ0) is 57.3. The molecule has 0 aliphatic rings. The summed E-state index contributed by atoms with van der Waals surface area (Å²) in [5.41, 5.74) is 16.5. The molecule has 0 saturated carbocycles. The van der Waals surface area contributed by atoms with Crippen molar-refractivity contribution in [3.05, 3.63) is 273 Å². The van der Waals surface area contributed by atoms with Gasteiger partial charge in [0, 0.05) is 112 Å². The molecule has 0 spiro atoms. The number of thiophene rings is 3. The maximum Gasteiger partial charge on any atom is 0.160 e. The molecule has 0 unspecified atom stereocenters. The molecule has 0 fully saturated rings. The fourth-order valence-corrected chi connectivity index (χ4v) is 18.2. The summed E-state index contributed by atoms with van der Waals surface area (Å²) in [6, 6.07) is 100. The van der Waals surface area contributed by atoms with Crippen molar-refractivity contribution < 1.29 is 0 Å². The van der Waals surface area contributed by atoms with E-state index in [0.717, 1.165) is 55.9 Å². The van der Waals surface area contributed by atoms with Gasteiger partial charge in [-0.05, 0) is 108 Å². The largest absolute Gasteiger partial charge is 0.308 e. The van der Waals surface area contributed by atoms with Crippen LogP contribution >= 0.6 is 34.0 Å². The van der Waals surface area contributed by atoms with E-state index in [1.165, 1.54) is 126 Å². The zero-order valence-electron chi connectivity index (χ0n) is 46.9. The number of nitrogens with zero attached hydrogens (tertiary/aromatic N) is 5. The van der Waals surface area contributed by atoms with Crippen LogP contribution in [0.3, 0.4) is 0 Å². The Labute approximate surface area is 514 Å². The third-order valence-electron chi connectivity index (χ3n) is 18.5. The highest BCUT2D eigenvalue weighted by Gasteiger charge is 2.23. The Morgan fingerprint density at radius 2 is 0.625 bits per heavy atom. The lowest BCUT2D eigenvalue weighted by Crippen LogP contribution is -1.98. The molecule has 0 amide bonds. The highest BCUT2D eigenvalue weighted by Crippen LogP contribution is 2.47. The molecule has 0 aliphatic heterocycles. The number of hydrogen-bond acceptors (Lipinski definition) is 5. The molecule has 7 heterocycles. The van der Waals surface area contributed by atoms with Gasteiger partial charge in [-0.15, -0.1) is 34.0 Å². The van der Waals surface area contributed by atoms with Crippen molar-refractivity contribution >= 4 is 171 Å². The van der Waals surface area contributed by atoms with Crippen LogP contribution in [0.1, 0.15) is 0 Å². The predicted molar refractivity (Wildman–Crippen MR) is 378 cm³/mol. The molecule has 8 heteroatoms. The number of para-hydroxylation sites is 3. The number of rotatable bonds is 6. The molecule has 408 valence electrons. The monoisotopic (exact) mass is 1170 g/mol. The summed E-state index contributed by atoms with van der Waals surface area (Å²) in [6.07, 6.45) is 0. The van der Waals surface area contributed by atoms with Crippen molar-refractivity contribution in [2.75, 3.05) is 0 Å². The molecule has 5 nitrogen and oxygen atoms in total. The van der Waals surface area contributed by atoms with Gasteiger partial charge in [-0.25, -0.2) is 9.97 Å². The fraction of sp³-hybridized carbons (Fsp3) is 0. The van der Waals surface area contributed by atoms with E-state index in [1.807, 2.05) is 34.0 Å². The van der Waals surface area contributed by atoms with E-state index in [2.05, 4.69) is 287 Å². The normalized spacial score (nSPS) is 12.3. The maximum absolute atomic E-state index is 5.64. The van der Waals surface area contributed by atoms with Crippen LogP contribution in [-0.4, -0.2) is 23.7 Å². The second kappa shape index (κ2) is 18.4. The summed E-state index contributed by atoms with van der Waals surface area (Å²) in [5, 5.41) is 16.2. The summed E-state index contributed by atoms with van der Waals surface area (Å²) < 4.78 is 15.2. The van der Waals surface area contributed by atoms with Crippen molar-refractivity contribution in [3.8, 4) is 50.8 Å². The van der Waals surface area contributed by atoms with E-state index >= 15 is 0 Å². The van der Waals surface area contributed by atoms with Gasteiger partial charge in [-0.3, -0.25) is 0 Å². The van der Waals surface area contributed by atoms with E-state index in [0.29, 0.717) is 5.82 Å². The molecule has 7 aromatic heterocycles. The lowest BCUT2D eigenvalue weighted by molar-refractivity contribution is 1.18. The third kappa shape index (κ3) is 6.90. The van der Waals surface area contributed by atoms with Crippen LogP contribution in [0.2, 0.25) is 0 Å². The first-order valence-corrected chi connectivity index (χ1v) is 32.2. The second-order valence-electron chi connectivity index (χ2n) is 23.1. The molecule has 13 aromatic carbocycles. The molecule has 0 atom stereocenters. The minimum Gasteiger partial charge on any atom is -0.308 e. The van der Waals surface area contributed by atoms with Crippen molar-refractivity contribution in [1.29, 1.82) is 0 Å². The van der Waals surface area contributed by atoms with Crippen molar-refractivity contribution in [2.45, 2.75) is 0 Å². The van der Waals surface area contributed by atoms with Crippen LogP contribution in [0, 0.1) is 0 Å². The molecule has 0 N–H and O–H groups in total. The van der Waals surface area contributed by atoms with Gasteiger partial charge in [0.2, 0.25) is 0 Å². The summed E-state index contributed by atoms with van der Waals surface area (Å²) in [4.78, 5) is 11.1. The Morgan fingerprint density at radius 3 is 1.10 bits per heavy atom. The first-order chi connectivity index (χ1) is 43.6. The molecule has 88 heavy (non-hydrogen) atoms. The van der Waals surface area contributed by atoms with Crippen LogP contribution in [0.4, 0.5) is 0 Å². The van der Waals surface area contributed by atoms with E-state index in [1.54, 1.807) is 0 Å². The zero-order valence-corrected chi connectivity index (χ0v) is 49.4. The maximum atomic E-state index is 5.64. The van der Waals surface area contributed by atoms with E-state index in [4.69, 9.17) is 9.97 Å². The molecule has 0 radical (unpaired) electrons. The van der Waals surface area contributed by atoms with Gasteiger partial charge < -0.3 is 13.7 Å². The Balaban J connectivity index is 0.762. The number of benzene rings is 13. The summed E-state index contributed by atoms with van der Waals surface area (Å²) in [5.74, 6) is 0.676. The lowest BCUT2D eigenvalue weighted by Gasteiger charge is -2.14.